The van der Waals surface area contributed by atoms with Crippen LogP contribution in [0.4, 0.5) is 0 Å². The number of hydrogen-bond acceptors (Lipinski definition) is 3. The van der Waals surface area contributed by atoms with Crippen LogP contribution in [0.1, 0.15) is 45.5 Å². The Balaban J connectivity index is 3.11. The van der Waals surface area contributed by atoms with Crippen LogP contribution < -0.4 is 0 Å². The molecule has 0 aliphatic rings. The lowest BCUT2D eigenvalue weighted by Crippen LogP contribution is -2.23. The second-order valence-corrected chi connectivity index (χ2v) is 4.22. The molecule has 5 heteroatoms. The van der Waals surface area contributed by atoms with Crippen molar-refractivity contribution < 1.29 is 9.90 Å². The van der Waals surface area contributed by atoms with Gasteiger partial charge in [-0.15, -0.1) is 0 Å². The molecule has 0 spiro atoms. The Labute approximate surface area is 89.1 Å². The third-order valence-corrected chi connectivity index (χ3v) is 2.30. The summed E-state index contributed by atoms with van der Waals surface area (Å²) in [5, 5.41) is 13.2. The van der Waals surface area contributed by atoms with Gasteiger partial charge in [0.1, 0.15) is 18.1 Å². The molecule has 0 aromatic carbocycles. The lowest BCUT2D eigenvalue weighted by Gasteiger charge is -2.18. The lowest BCUT2D eigenvalue weighted by molar-refractivity contribution is -0.140. The molecular weight excluding hydrogens is 194 g/mol. The van der Waals surface area contributed by atoms with Crippen LogP contribution in [0.25, 0.3) is 0 Å². The number of nitrogens with zero attached hydrogens (tertiary/aromatic N) is 3. The first-order valence-corrected chi connectivity index (χ1v) is 5.07. The zero-order valence-electron chi connectivity index (χ0n) is 9.51. The van der Waals surface area contributed by atoms with Crippen LogP contribution >= 0.6 is 0 Å². The Bertz CT molecular complexity index is 344. The van der Waals surface area contributed by atoms with E-state index in [1.54, 1.807) is 4.68 Å². The van der Waals surface area contributed by atoms with E-state index >= 15 is 0 Å². The molecule has 1 N–H and O–H groups in total. The topological polar surface area (TPSA) is 68.0 Å². The maximum Gasteiger partial charge on any atom is 0.314 e. The molecule has 0 radical (unpaired) electrons. The highest BCUT2D eigenvalue weighted by atomic mass is 16.4. The minimum absolute atomic E-state index is 0.00389. The normalized spacial score (nSPS) is 13.5. The van der Waals surface area contributed by atoms with Crippen molar-refractivity contribution in [3.8, 4) is 0 Å². The van der Waals surface area contributed by atoms with Crippen LogP contribution in [0.15, 0.2) is 6.33 Å². The van der Waals surface area contributed by atoms with Gasteiger partial charge in [0.25, 0.3) is 0 Å². The van der Waals surface area contributed by atoms with Gasteiger partial charge in [-0.25, -0.2) is 9.67 Å². The van der Waals surface area contributed by atoms with Crippen molar-refractivity contribution in [3.05, 3.63) is 12.2 Å². The Morgan fingerprint density at radius 1 is 1.40 bits per heavy atom. The molecule has 1 heterocycles. The van der Waals surface area contributed by atoms with E-state index in [1.807, 2.05) is 27.7 Å². The molecule has 84 valence electrons. The Hall–Kier alpha value is -1.39. The van der Waals surface area contributed by atoms with Crippen LogP contribution in [0, 0.1) is 5.92 Å². The number of rotatable bonds is 4. The van der Waals surface area contributed by atoms with Gasteiger partial charge in [0, 0.05) is 6.04 Å². The van der Waals surface area contributed by atoms with Gasteiger partial charge in [-0.3, -0.25) is 4.79 Å². The molecule has 1 rings (SSSR count). The fourth-order valence-electron chi connectivity index (χ4n) is 1.57. The van der Waals surface area contributed by atoms with Crippen LogP contribution in [-0.4, -0.2) is 25.8 Å². The predicted molar refractivity (Wildman–Crippen MR) is 55.6 cm³/mol. The molecule has 15 heavy (non-hydrogen) atoms. The summed E-state index contributed by atoms with van der Waals surface area (Å²) in [6.07, 6.45) is 1.41. The summed E-state index contributed by atoms with van der Waals surface area (Å²) in [7, 11) is 0. The molecule has 1 aromatic heterocycles. The summed E-state index contributed by atoms with van der Waals surface area (Å²) in [5.74, 6) is -0.897. The number of aliphatic carboxylic acids is 1. The van der Waals surface area contributed by atoms with Gasteiger partial charge in [0.2, 0.25) is 0 Å². The largest absolute Gasteiger partial charge is 0.481 e. The van der Waals surface area contributed by atoms with Gasteiger partial charge in [0.15, 0.2) is 0 Å². The fourth-order valence-corrected chi connectivity index (χ4v) is 1.57. The van der Waals surface area contributed by atoms with Gasteiger partial charge in [-0.05, 0) is 19.8 Å². The standard InChI is InChI=1S/C10H17N3O2/c1-6(2)8(10(14)15)9-11-5-12-13(9)7(3)4/h5-8H,1-4H3,(H,14,15). The average Bonchev–Trinajstić information content (AvgIpc) is 2.51. The van der Waals surface area contributed by atoms with E-state index in [4.69, 9.17) is 5.11 Å². The molecule has 0 aliphatic heterocycles. The molecule has 1 unspecified atom stereocenters. The van der Waals surface area contributed by atoms with E-state index in [2.05, 4.69) is 10.1 Å². The van der Waals surface area contributed by atoms with Crippen LogP contribution in [-0.2, 0) is 4.79 Å². The first-order valence-electron chi connectivity index (χ1n) is 5.07. The van der Waals surface area contributed by atoms with Crippen molar-refractivity contribution >= 4 is 5.97 Å². The van der Waals surface area contributed by atoms with Crippen molar-refractivity contribution in [1.29, 1.82) is 0 Å². The van der Waals surface area contributed by atoms with Crippen molar-refractivity contribution in [1.82, 2.24) is 14.8 Å². The Morgan fingerprint density at radius 3 is 2.40 bits per heavy atom. The zero-order valence-corrected chi connectivity index (χ0v) is 9.51. The number of carboxylic acids is 1. The summed E-state index contributed by atoms with van der Waals surface area (Å²) in [5.41, 5.74) is 0. The molecule has 5 nitrogen and oxygen atoms in total. The summed E-state index contributed by atoms with van der Waals surface area (Å²) in [6, 6.07) is 0.128. The van der Waals surface area contributed by atoms with E-state index in [0.29, 0.717) is 5.82 Å². The Morgan fingerprint density at radius 2 is 2.00 bits per heavy atom. The van der Waals surface area contributed by atoms with Crippen LogP contribution in [0.2, 0.25) is 0 Å². The zero-order chi connectivity index (χ0) is 11.6. The number of carboxylic acid groups (broad SMARTS) is 1. The van der Waals surface area contributed by atoms with Crippen LogP contribution in [0.3, 0.4) is 0 Å². The molecule has 0 saturated carbocycles. The quantitative estimate of drug-likeness (QED) is 0.822. The average molecular weight is 211 g/mol. The molecule has 0 aliphatic carbocycles. The van der Waals surface area contributed by atoms with E-state index < -0.39 is 11.9 Å². The smallest absolute Gasteiger partial charge is 0.314 e. The van der Waals surface area contributed by atoms with E-state index in [9.17, 15) is 4.79 Å². The maximum atomic E-state index is 11.1. The fraction of sp³-hybridized carbons (Fsp3) is 0.700. The Kier molecular flexibility index (Phi) is 3.44. The highest BCUT2D eigenvalue weighted by Gasteiger charge is 2.29. The molecule has 0 fully saturated rings. The summed E-state index contributed by atoms with van der Waals surface area (Å²) in [4.78, 5) is 15.2. The molecule has 1 atom stereocenters. The SMILES string of the molecule is CC(C)C(C(=O)O)c1ncnn1C(C)C. The van der Waals surface area contributed by atoms with Gasteiger partial charge in [0.05, 0.1) is 0 Å². The highest BCUT2D eigenvalue weighted by molar-refractivity contribution is 5.75. The van der Waals surface area contributed by atoms with E-state index in [1.165, 1.54) is 6.33 Å². The summed E-state index contributed by atoms with van der Waals surface area (Å²) < 4.78 is 1.67. The summed E-state index contributed by atoms with van der Waals surface area (Å²) in [6.45, 7) is 7.66. The summed E-state index contributed by atoms with van der Waals surface area (Å²) >= 11 is 0. The molecule has 1 aromatic rings. The van der Waals surface area contributed by atoms with Crippen LogP contribution in [0.5, 0.6) is 0 Å². The lowest BCUT2D eigenvalue weighted by atomic mass is 9.95. The van der Waals surface area contributed by atoms with Gasteiger partial charge in [-0.1, -0.05) is 13.8 Å². The van der Waals surface area contributed by atoms with Crippen molar-refractivity contribution in [2.45, 2.75) is 39.7 Å². The minimum Gasteiger partial charge on any atom is -0.481 e. The molecular formula is C10H17N3O2. The monoisotopic (exact) mass is 211 g/mol. The third kappa shape index (κ3) is 2.34. The minimum atomic E-state index is -0.847. The molecule has 0 saturated heterocycles. The van der Waals surface area contributed by atoms with Gasteiger partial charge < -0.3 is 5.11 Å². The van der Waals surface area contributed by atoms with E-state index in [-0.39, 0.29) is 12.0 Å². The predicted octanol–water partition coefficient (Wildman–Crippen LogP) is 1.68. The number of carbonyl (C=O) groups is 1. The second kappa shape index (κ2) is 4.42. The first kappa shape index (κ1) is 11.7. The molecule has 0 bridgehead atoms. The van der Waals surface area contributed by atoms with Gasteiger partial charge in [-0.2, -0.15) is 5.10 Å². The first-order chi connectivity index (χ1) is 6.95. The highest BCUT2D eigenvalue weighted by Crippen LogP contribution is 2.24. The maximum absolute atomic E-state index is 11.1. The van der Waals surface area contributed by atoms with E-state index in [0.717, 1.165) is 0 Å². The van der Waals surface area contributed by atoms with Crippen molar-refractivity contribution in [2.75, 3.05) is 0 Å². The second-order valence-electron chi connectivity index (χ2n) is 4.22. The van der Waals surface area contributed by atoms with Crippen molar-refractivity contribution in [2.24, 2.45) is 5.92 Å². The van der Waals surface area contributed by atoms with Crippen molar-refractivity contribution in [3.63, 3.8) is 0 Å². The number of aromatic nitrogens is 3. The van der Waals surface area contributed by atoms with Gasteiger partial charge >= 0.3 is 5.97 Å². The third-order valence-electron chi connectivity index (χ3n) is 2.30. The number of hydrogen-bond donors (Lipinski definition) is 1. The molecule has 0 amide bonds.